The maximum absolute atomic E-state index is 6.03. The number of halogens is 1. The van der Waals surface area contributed by atoms with Crippen molar-refractivity contribution in [3.63, 3.8) is 0 Å². The summed E-state index contributed by atoms with van der Waals surface area (Å²) < 4.78 is 0. The van der Waals surface area contributed by atoms with Crippen molar-refractivity contribution in [2.45, 2.75) is 26.2 Å². The summed E-state index contributed by atoms with van der Waals surface area (Å²) in [6, 6.07) is 5.82. The second kappa shape index (κ2) is 4.58. The predicted molar refractivity (Wildman–Crippen MR) is 63.2 cm³/mol. The normalized spacial score (nSPS) is 10.8. The van der Waals surface area contributed by atoms with Crippen molar-refractivity contribution < 1.29 is 0 Å². The van der Waals surface area contributed by atoms with E-state index in [1.165, 1.54) is 12.8 Å². The van der Waals surface area contributed by atoms with Crippen LogP contribution in [0.4, 0.5) is 0 Å². The molecule has 0 aliphatic rings. The van der Waals surface area contributed by atoms with E-state index < -0.39 is 0 Å². The second-order valence-corrected chi connectivity index (χ2v) is 3.98. The number of fused-ring (bicyclic) bond motifs is 1. The summed E-state index contributed by atoms with van der Waals surface area (Å²) in [7, 11) is 0. The van der Waals surface area contributed by atoms with Crippen molar-refractivity contribution in [1.82, 2.24) is 9.97 Å². The topological polar surface area (TPSA) is 25.8 Å². The molecule has 0 amide bonds. The van der Waals surface area contributed by atoms with Gasteiger partial charge in [0.1, 0.15) is 0 Å². The maximum atomic E-state index is 6.03. The van der Waals surface area contributed by atoms with Crippen LogP contribution in [0.25, 0.3) is 11.0 Å². The van der Waals surface area contributed by atoms with E-state index in [9.17, 15) is 0 Å². The Balaban J connectivity index is 2.39. The van der Waals surface area contributed by atoms with Gasteiger partial charge in [-0.05, 0) is 31.0 Å². The molecule has 2 nitrogen and oxygen atoms in total. The van der Waals surface area contributed by atoms with Crippen molar-refractivity contribution in [3.8, 4) is 0 Å². The first kappa shape index (κ1) is 10.4. The third-order valence-corrected chi connectivity index (χ3v) is 2.72. The Morgan fingerprint density at radius 1 is 1.27 bits per heavy atom. The molecule has 3 heteroatoms. The van der Waals surface area contributed by atoms with Gasteiger partial charge in [-0.3, -0.25) is 0 Å². The summed E-state index contributed by atoms with van der Waals surface area (Å²) in [6.45, 7) is 2.18. The first-order chi connectivity index (χ1) is 7.31. The zero-order chi connectivity index (χ0) is 10.7. The molecule has 2 heterocycles. The highest BCUT2D eigenvalue weighted by Crippen LogP contribution is 2.20. The molecule has 0 radical (unpaired) electrons. The third kappa shape index (κ3) is 2.26. The lowest BCUT2D eigenvalue weighted by atomic mass is 10.1. The van der Waals surface area contributed by atoms with Crippen molar-refractivity contribution in [1.29, 1.82) is 0 Å². The maximum Gasteiger partial charge on any atom is 0.160 e. The Bertz CT molecular complexity index is 468. The number of nitrogens with zero attached hydrogens (tertiary/aromatic N) is 2. The lowest BCUT2D eigenvalue weighted by molar-refractivity contribution is 0.779. The van der Waals surface area contributed by atoms with Crippen molar-refractivity contribution in [3.05, 3.63) is 35.1 Å². The van der Waals surface area contributed by atoms with Gasteiger partial charge in [0, 0.05) is 17.3 Å². The minimum Gasteiger partial charge on any atom is -0.237 e. The standard InChI is InChI=1S/C12H13ClN2/c1-2-3-4-9-5-6-10-11(13)7-8-14-12(10)15-9/h5-8H,2-4H2,1H3. The predicted octanol–water partition coefficient (Wildman–Crippen LogP) is 3.63. The molecule has 0 fully saturated rings. The van der Waals surface area contributed by atoms with Crippen LogP contribution in [0.15, 0.2) is 24.4 Å². The number of unbranched alkanes of at least 4 members (excludes halogenated alkanes) is 1. The van der Waals surface area contributed by atoms with Crippen LogP contribution in [0.3, 0.4) is 0 Å². The van der Waals surface area contributed by atoms with Crippen LogP contribution >= 0.6 is 11.6 Å². The molecule has 0 bridgehead atoms. The van der Waals surface area contributed by atoms with Gasteiger partial charge >= 0.3 is 0 Å². The summed E-state index contributed by atoms with van der Waals surface area (Å²) in [6.07, 6.45) is 5.06. The first-order valence-corrected chi connectivity index (χ1v) is 5.59. The minimum absolute atomic E-state index is 0.717. The van der Waals surface area contributed by atoms with Gasteiger partial charge in [-0.1, -0.05) is 24.9 Å². The van der Waals surface area contributed by atoms with Gasteiger partial charge in [0.15, 0.2) is 5.65 Å². The average molecular weight is 221 g/mol. The van der Waals surface area contributed by atoms with E-state index in [-0.39, 0.29) is 0 Å². The summed E-state index contributed by atoms with van der Waals surface area (Å²) in [5.74, 6) is 0. The van der Waals surface area contributed by atoms with Gasteiger partial charge in [-0.25, -0.2) is 9.97 Å². The molecule has 0 spiro atoms. The summed E-state index contributed by atoms with van der Waals surface area (Å²) in [5.41, 5.74) is 1.84. The lowest BCUT2D eigenvalue weighted by Crippen LogP contribution is -1.92. The van der Waals surface area contributed by atoms with E-state index in [1.807, 2.05) is 12.1 Å². The Kier molecular flexibility index (Phi) is 3.17. The Hall–Kier alpha value is -1.15. The largest absolute Gasteiger partial charge is 0.237 e. The Morgan fingerprint density at radius 3 is 2.93 bits per heavy atom. The number of hydrogen-bond donors (Lipinski definition) is 0. The van der Waals surface area contributed by atoms with Gasteiger partial charge in [-0.2, -0.15) is 0 Å². The molecule has 0 aliphatic heterocycles. The van der Waals surface area contributed by atoms with Gasteiger partial charge in [0.2, 0.25) is 0 Å². The zero-order valence-corrected chi connectivity index (χ0v) is 9.46. The Labute approximate surface area is 94.3 Å². The first-order valence-electron chi connectivity index (χ1n) is 5.21. The summed E-state index contributed by atoms with van der Waals surface area (Å²) in [4.78, 5) is 8.69. The van der Waals surface area contributed by atoms with Gasteiger partial charge < -0.3 is 0 Å². The minimum atomic E-state index is 0.717. The fourth-order valence-corrected chi connectivity index (χ4v) is 1.74. The van der Waals surface area contributed by atoms with Crippen LogP contribution in [0.1, 0.15) is 25.5 Å². The molecule has 2 rings (SSSR count). The molecule has 2 aromatic heterocycles. The highest BCUT2D eigenvalue weighted by Gasteiger charge is 2.02. The molecule has 0 aromatic carbocycles. The van der Waals surface area contributed by atoms with Crippen LogP contribution < -0.4 is 0 Å². The van der Waals surface area contributed by atoms with Gasteiger partial charge in [-0.15, -0.1) is 0 Å². The van der Waals surface area contributed by atoms with E-state index in [4.69, 9.17) is 11.6 Å². The highest BCUT2D eigenvalue weighted by molar-refractivity contribution is 6.35. The molecular weight excluding hydrogens is 208 g/mol. The van der Waals surface area contributed by atoms with E-state index in [0.717, 1.165) is 28.2 Å². The number of pyridine rings is 2. The van der Waals surface area contributed by atoms with Crippen LogP contribution in [0.5, 0.6) is 0 Å². The van der Waals surface area contributed by atoms with E-state index >= 15 is 0 Å². The molecule has 0 atom stereocenters. The molecule has 0 N–H and O–H groups in total. The monoisotopic (exact) mass is 220 g/mol. The SMILES string of the molecule is CCCCc1ccc2c(Cl)ccnc2n1. The number of aromatic nitrogens is 2. The van der Waals surface area contributed by atoms with Crippen LogP contribution in [-0.2, 0) is 6.42 Å². The number of rotatable bonds is 3. The zero-order valence-electron chi connectivity index (χ0n) is 8.70. The molecule has 78 valence electrons. The number of aryl methyl sites for hydroxylation is 1. The van der Waals surface area contributed by atoms with E-state index in [2.05, 4.69) is 16.9 Å². The molecule has 0 saturated carbocycles. The van der Waals surface area contributed by atoms with Crippen LogP contribution in [0.2, 0.25) is 5.02 Å². The molecule has 0 saturated heterocycles. The summed E-state index contributed by atoms with van der Waals surface area (Å²) >= 11 is 6.03. The third-order valence-electron chi connectivity index (χ3n) is 2.39. The quantitative estimate of drug-likeness (QED) is 0.790. The van der Waals surface area contributed by atoms with E-state index in [0.29, 0.717) is 0 Å². The molecule has 15 heavy (non-hydrogen) atoms. The smallest absolute Gasteiger partial charge is 0.160 e. The lowest BCUT2D eigenvalue weighted by Gasteiger charge is -2.02. The molecule has 0 unspecified atom stereocenters. The summed E-state index contributed by atoms with van der Waals surface area (Å²) in [5, 5.41) is 1.65. The fourth-order valence-electron chi connectivity index (χ4n) is 1.53. The fraction of sp³-hybridized carbons (Fsp3) is 0.333. The number of hydrogen-bond acceptors (Lipinski definition) is 2. The molecule has 0 aliphatic carbocycles. The van der Waals surface area contributed by atoms with E-state index in [1.54, 1.807) is 12.3 Å². The van der Waals surface area contributed by atoms with Crippen LogP contribution in [-0.4, -0.2) is 9.97 Å². The highest BCUT2D eigenvalue weighted by atomic mass is 35.5. The van der Waals surface area contributed by atoms with Gasteiger partial charge in [0.25, 0.3) is 0 Å². The van der Waals surface area contributed by atoms with Crippen molar-refractivity contribution >= 4 is 22.6 Å². The average Bonchev–Trinajstić information content (AvgIpc) is 2.26. The van der Waals surface area contributed by atoms with Crippen molar-refractivity contribution in [2.24, 2.45) is 0 Å². The molecular formula is C12H13ClN2. The Morgan fingerprint density at radius 2 is 2.13 bits per heavy atom. The molecule has 2 aromatic rings. The van der Waals surface area contributed by atoms with Crippen LogP contribution in [0, 0.1) is 0 Å². The van der Waals surface area contributed by atoms with Gasteiger partial charge in [0.05, 0.1) is 5.02 Å². The van der Waals surface area contributed by atoms with Crippen molar-refractivity contribution in [2.75, 3.05) is 0 Å². The second-order valence-electron chi connectivity index (χ2n) is 3.57.